The smallest absolute Gasteiger partial charge is 0.287 e. The Hall–Kier alpha value is -1.88. The Kier molecular flexibility index (Phi) is 6.47. The van der Waals surface area contributed by atoms with E-state index in [2.05, 4.69) is 10.4 Å². The Labute approximate surface area is 180 Å². The molecule has 30 heavy (non-hydrogen) atoms. The van der Waals surface area contributed by atoms with Crippen molar-refractivity contribution in [1.29, 1.82) is 0 Å². The van der Waals surface area contributed by atoms with Crippen molar-refractivity contribution in [2.75, 3.05) is 38.2 Å². The zero-order valence-electron chi connectivity index (χ0n) is 16.5. The fourth-order valence-electron chi connectivity index (χ4n) is 3.93. The molecular formula is C19H25ClN4O5S. The molecule has 4 rings (SSSR count). The Balaban J connectivity index is 1.40. The molecule has 0 radical (unpaired) electrons. The first kappa shape index (κ1) is 21.4. The number of aromatic nitrogens is 2. The van der Waals surface area contributed by atoms with Crippen molar-refractivity contribution in [3.63, 3.8) is 0 Å². The Morgan fingerprint density at radius 2 is 2.07 bits per heavy atom. The van der Waals surface area contributed by atoms with E-state index in [0.29, 0.717) is 50.7 Å². The fraction of sp³-hybridized carbons (Fsp3) is 0.579. The highest BCUT2D eigenvalue weighted by molar-refractivity contribution is 7.89. The Morgan fingerprint density at radius 1 is 1.27 bits per heavy atom. The van der Waals surface area contributed by atoms with Crippen LogP contribution in [0.3, 0.4) is 0 Å². The molecule has 2 aromatic rings. The summed E-state index contributed by atoms with van der Waals surface area (Å²) in [5.74, 6) is 0.388. The molecule has 0 bridgehead atoms. The Morgan fingerprint density at radius 3 is 2.73 bits per heavy atom. The number of hydrogen-bond donors (Lipinski definition) is 1. The van der Waals surface area contributed by atoms with Gasteiger partial charge in [-0.15, -0.1) is 0 Å². The van der Waals surface area contributed by atoms with Crippen LogP contribution in [-0.4, -0.2) is 55.4 Å². The van der Waals surface area contributed by atoms with Crippen LogP contribution in [0.15, 0.2) is 38.9 Å². The van der Waals surface area contributed by atoms with Crippen LogP contribution in [0.1, 0.15) is 31.7 Å². The van der Waals surface area contributed by atoms with Gasteiger partial charge in [-0.2, -0.15) is 9.40 Å². The molecule has 11 heteroatoms. The van der Waals surface area contributed by atoms with E-state index in [0.717, 1.165) is 19.4 Å². The summed E-state index contributed by atoms with van der Waals surface area (Å²) >= 11 is 6.32. The summed E-state index contributed by atoms with van der Waals surface area (Å²) in [6.45, 7) is 2.78. The number of sulfonamides is 1. The number of halogens is 1. The number of piperidine rings is 1. The molecule has 164 valence electrons. The van der Waals surface area contributed by atoms with E-state index in [1.165, 1.54) is 27.6 Å². The normalized spacial score (nSPS) is 21.6. The van der Waals surface area contributed by atoms with Crippen LogP contribution in [0.4, 0.5) is 5.69 Å². The lowest BCUT2D eigenvalue weighted by Crippen LogP contribution is -2.41. The fourth-order valence-corrected chi connectivity index (χ4v) is 5.52. The number of hydrogen-bond acceptors (Lipinski definition) is 7. The van der Waals surface area contributed by atoms with E-state index >= 15 is 0 Å². The van der Waals surface area contributed by atoms with Gasteiger partial charge in [0.1, 0.15) is 16.2 Å². The van der Waals surface area contributed by atoms with Gasteiger partial charge in [0.15, 0.2) is 0 Å². The number of nitrogens with zero attached hydrogens (tertiary/aromatic N) is 3. The van der Waals surface area contributed by atoms with E-state index in [4.69, 9.17) is 20.8 Å². The molecule has 2 fully saturated rings. The van der Waals surface area contributed by atoms with Crippen molar-refractivity contribution in [3.8, 4) is 0 Å². The first-order valence-electron chi connectivity index (χ1n) is 10.1. The molecule has 4 heterocycles. The van der Waals surface area contributed by atoms with Gasteiger partial charge < -0.3 is 14.5 Å². The number of anilines is 1. The molecule has 0 saturated carbocycles. The summed E-state index contributed by atoms with van der Waals surface area (Å²) in [7, 11) is -3.58. The largest absolute Gasteiger partial charge is 0.471 e. The Bertz CT molecular complexity index is 1010. The summed E-state index contributed by atoms with van der Waals surface area (Å²) in [4.78, 5) is 12.9. The van der Waals surface area contributed by atoms with E-state index in [1.54, 1.807) is 6.20 Å². The van der Waals surface area contributed by atoms with Crippen molar-refractivity contribution in [1.82, 2.24) is 14.1 Å². The maximum absolute atomic E-state index is 12.8. The van der Waals surface area contributed by atoms with E-state index in [9.17, 15) is 13.2 Å². The highest BCUT2D eigenvalue weighted by Gasteiger charge is 2.31. The lowest BCUT2D eigenvalue weighted by atomic mass is 10.0. The van der Waals surface area contributed by atoms with Crippen molar-refractivity contribution < 1.29 is 17.6 Å². The second-order valence-corrected chi connectivity index (χ2v) is 10.00. The zero-order chi connectivity index (χ0) is 21.1. The highest BCUT2D eigenvalue weighted by atomic mass is 35.5. The maximum Gasteiger partial charge on any atom is 0.287 e. The molecule has 1 N–H and O–H groups in total. The second-order valence-electron chi connectivity index (χ2n) is 7.68. The summed E-state index contributed by atoms with van der Waals surface area (Å²) in [5.41, 5.74) is 0.154. The van der Waals surface area contributed by atoms with Crippen LogP contribution < -0.4 is 10.9 Å². The predicted molar refractivity (Wildman–Crippen MR) is 111 cm³/mol. The van der Waals surface area contributed by atoms with Crippen molar-refractivity contribution in [2.24, 2.45) is 5.92 Å². The lowest BCUT2D eigenvalue weighted by molar-refractivity contribution is 0.0595. The average Bonchev–Trinajstić information content (AvgIpc) is 3.32. The maximum atomic E-state index is 12.8. The topological polar surface area (TPSA) is 107 Å². The van der Waals surface area contributed by atoms with Gasteiger partial charge in [0, 0.05) is 26.2 Å². The molecule has 2 aliphatic rings. The van der Waals surface area contributed by atoms with Crippen molar-refractivity contribution in [3.05, 3.63) is 40.2 Å². The quantitative estimate of drug-likeness (QED) is 0.710. The van der Waals surface area contributed by atoms with Crippen LogP contribution in [0, 0.1) is 5.92 Å². The van der Waals surface area contributed by atoms with Gasteiger partial charge in [-0.1, -0.05) is 11.6 Å². The van der Waals surface area contributed by atoms with Crippen LogP contribution in [0.5, 0.6) is 0 Å². The predicted octanol–water partition coefficient (Wildman–Crippen LogP) is 2.35. The van der Waals surface area contributed by atoms with E-state index in [1.807, 2.05) is 0 Å². The molecular weight excluding hydrogens is 432 g/mol. The van der Waals surface area contributed by atoms with Gasteiger partial charge in [0.2, 0.25) is 10.0 Å². The second kappa shape index (κ2) is 9.09. The summed E-state index contributed by atoms with van der Waals surface area (Å²) in [5, 5.41) is 7.63. The molecule has 0 aromatic carbocycles. The number of furan rings is 1. The molecule has 0 spiro atoms. The lowest BCUT2D eigenvalue weighted by Gasteiger charge is -2.31. The molecule has 1 atom stereocenters. The minimum Gasteiger partial charge on any atom is -0.471 e. The van der Waals surface area contributed by atoms with Gasteiger partial charge in [-0.3, -0.25) is 4.79 Å². The molecule has 2 aliphatic heterocycles. The summed E-state index contributed by atoms with van der Waals surface area (Å²) in [6.07, 6.45) is 7.20. The number of nitrogens with one attached hydrogen (secondary N) is 1. The first-order chi connectivity index (χ1) is 14.5. The van der Waals surface area contributed by atoms with Gasteiger partial charge in [-0.05, 0) is 37.7 Å². The third kappa shape index (κ3) is 4.41. The minimum absolute atomic E-state index is 0.107. The number of ether oxygens (including phenoxy) is 1. The van der Waals surface area contributed by atoms with Crippen LogP contribution in [0.25, 0.3) is 0 Å². The molecule has 2 saturated heterocycles. The van der Waals surface area contributed by atoms with Crippen molar-refractivity contribution >= 4 is 27.3 Å². The average molecular weight is 457 g/mol. The SMILES string of the molecule is O=c1c(Cl)c(NC[C@H]2CCCOC2)cnn1C1CCN(S(=O)(=O)c2ccoc2)CC1. The zero-order valence-corrected chi connectivity index (χ0v) is 18.1. The number of rotatable bonds is 6. The molecule has 0 amide bonds. The van der Waals surface area contributed by atoms with Gasteiger partial charge in [0.05, 0.1) is 30.8 Å². The van der Waals surface area contributed by atoms with Crippen molar-refractivity contribution in [2.45, 2.75) is 36.6 Å². The van der Waals surface area contributed by atoms with Crippen LogP contribution in [-0.2, 0) is 14.8 Å². The van der Waals surface area contributed by atoms with Gasteiger partial charge in [0.25, 0.3) is 5.56 Å². The van der Waals surface area contributed by atoms with Gasteiger partial charge in [-0.25, -0.2) is 13.1 Å². The first-order valence-corrected chi connectivity index (χ1v) is 11.9. The van der Waals surface area contributed by atoms with Crippen LogP contribution in [0.2, 0.25) is 5.02 Å². The summed E-state index contributed by atoms with van der Waals surface area (Å²) < 4.78 is 38.4. The third-order valence-corrected chi connectivity index (χ3v) is 7.92. The minimum atomic E-state index is -3.58. The van der Waals surface area contributed by atoms with Crippen LogP contribution >= 0.6 is 11.6 Å². The van der Waals surface area contributed by atoms with E-state index in [-0.39, 0.29) is 21.5 Å². The molecule has 0 aliphatic carbocycles. The van der Waals surface area contributed by atoms with E-state index < -0.39 is 10.0 Å². The molecule has 0 unspecified atom stereocenters. The standard InChI is InChI=1S/C19H25ClN4O5S/c20-18-17(21-10-14-2-1-8-28-12-14)11-22-24(19(18)25)15-3-6-23(7-4-15)30(26,27)16-5-9-29-13-16/h5,9,11,13-15,21H,1-4,6-8,10,12H2/t14-/m1/s1. The highest BCUT2D eigenvalue weighted by Crippen LogP contribution is 2.27. The molecule has 9 nitrogen and oxygen atoms in total. The third-order valence-electron chi connectivity index (χ3n) is 5.68. The summed E-state index contributed by atoms with van der Waals surface area (Å²) in [6, 6.07) is 1.23. The monoisotopic (exact) mass is 456 g/mol. The molecule has 2 aromatic heterocycles. The van der Waals surface area contributed by atoms with Gasteiger partial charge >= 0.3 is 0 Å².